The Balaban J connectivity index is 2.52. The molecule has 0 spiro atoms. The first-order chi connectivity index (χ1) is 9.85. The van der Waals surface area contributed by atoms with E-state index in [0.717, 1.165) is 6.07 Å². The van der Waals surface area contributed by atoms with Crippen molar-refractivity contribution in [2.24, 2.45) is 0 Å². The molecular weight excluding hydrogens is 293 g/mol. The number of hydrogen-bond acceptors (Lipinski definition) is 5. The number of anilines is 1. The first-order valence-corrected chi connectivity index (χ1v) is 7.59. The minimum Gasteiger partial charge on any atom is -0.380 e. The minimum absolute atomic E-state index is 0.0880. The second-order valence-corrected chi connectivity index (χ2v) is 6.74. The molecule has 5 nitrogen and oxygen atoms in total. The Bertz CT molecular complexity index is 691. The molecule has 0 aliphatic rings. The average molecular weight is 309 g/mol. The van der Waals surface area contributed by atoms with Crippen molar-refractivity contribution in [3.8, 4) is 0 Å². The highest BCUT2D eigenvalue weighted by molar-refractivity contribution is 7.99. The summed E-state index contributed by atoms with van der Waals surface area (Å²) >= 11 is 1.65. The van der Waals surface area contributed by atoms with Crippen LogP contribution in [0.4, 0.5) is 15.8 Å². The number of hydrogen-bond donors (Lipinski definition) is 1. The normalized spacial score (nSPS) is 11.6. The molecule has 2 aromatic rings. The number of rotatable bonds is 5. The second-order valence-electron chi connectivity index (χ2n) is 5.23. The molecule has 1 aromatic heterocycles. The van der Waals surface area contributed by atoms with Crippen LogP contribution < -0.4 is 5.32 Å². The number of fused-ring (bicyclic) bond motifs is 1. The number of nitrogens with one attached hydrogen (secondary N) is 1. The summed E-state index contributed by atoms with van der Waals surface area (Å²) in [7, 11) is 0. The summed E-state index contributed by atoms with van der Waals surface area (Å²) < 4.78 is 14.1. The van der Waals surface area contributed by atoms with Crippen molar-refractivity contribution >= 4 is 34.0 Å². The molecule has 0 saturated heterocycles. The Morgan fingerprint density at radius 1 is 1.52 bits per heavy atom. The number of pyridine rings is 1. The van der Waals surface area contributed by atoms with Gasteiger partial charge in [0.05, 0.1) is 22.1 Å². The van der Waals surface area contributed by atoms with Gasteiger partial charge in [0.1, 0.15) is 5.52 Å². The molecule has 0 amide bonds. The smallest absolute Gasteiger partial charge is 0.281 e. The highest BCUT2D eigenvalue weighted by Crippen LogP contribution is 2.33. The zero-order valence-electron chi connectivity index (χ0n) is 12.0. The topological polar surface area (TPSA) is 68.1 Å². The van der Waals surface area contributed by atoms with Crippen LogP contribution in [0, 0.1) is 15.9 Å². The molecule has 0 aliphatic heterocycles. The number of thioether (sulfide) groups is 1. The molecule has 0 saturated carbocycles. The monoisotopic (exact) mass is 309 g/mol. The number of non-ortho nitro benzene ring substituents is 1. The first-order valence-electron chi connectivity index (χ1n) is 6.36. The van der Waals surface area contributed by atoms with E-state index in [0.29, 0.717) is 11.9 Å². The number of aromatic nitrogens is 1. The molecule has 7 heteroatoms. The van der Waals surface area contributed by atoms with E-state index in [1.807, 2.05) is 20.1 Å². The van der Waals surface area contributed by atoms with Crippen LogP contribution in [-0.4, -0.2) is 27.5 Å². The molecule has 1 heterocycles. The largest absolute Gasteiger partial charge is 0.380 e. The lowest BCUT2D eigenvalue weighted by Crippen LogP contribution is -2.26. The van der Waals surface area contributed by atoms with Gasteiger partial charge in [-0.2, -0.15) is 11.8 Å². The van der Waals surface area contributed by atoms with Crippen LogP contribution in [0.3, 0.4) is 0 Å². The number of nitrogens with zero attached hydrogens (tertiary/aromatic N) is 2. The lowest BCUT2D eigenvalue weighted by Gasteiger charge is -2.23. The molecule has 21 heavy (non-hydrogen) atoms. The van der Waals surface area contributed by atoms with E-state index in [1.54, 1.807) is 23.9 Å². The average Bonchev–Trinajstić information content (AvgIpc) is 2.45. The summed E-state index contributed by atoms with van der Waals surface area (Å²) in [6.45, 7) is 4.59. The SMILES string of the molecule is CSC(C)(C)CNc1c(F)cc([N+](=O)[O-])c2cccnc12. The number of nitro benzene ring substituents is 1. The van der Waals surface area contributed by atoms with Crippen molar-refractivity contribution in [2.45, 2.75) is 18.6 Å². The Morgan fingerprint density at radius 2 is 2.24 bits per heavy atom. The van der Waals surface area contributed by atoms with Gasteiger partial charge in [-0.25, -0.2) is 4.39 Å². The fraction of sp³-hybridized carbons (Fsp3) is 0.357. The molecule has 0 radical (unpaired) electrons. The third-order valence-corrected chi connectivity index (χ3v) is 4.51. The summed E-state index contributed by atoms with van der Waals surface area (Å²) in [6.07, 6.45) is 3.47. The molecule has 1 N–H and O–H groups in total. The minimum atomic E-state index is -0.662. The van der Waals surface area contributed by atoms with Gasteiger partial charge in [-0.1, -0.05) is 0 Å². The van der Waals surface area contributed by atoms with Gasteiger partial charge in [-0.3, -0.25) is 15.1 Å². The second kappa shape index (κ2) is 5.85. The van der Waals surface area contributed by atoms with E-state index < -0.39 is 10.7 Å². The van der Waals surface area contributed by atoms with Crippen LogP contribution in [0.2, 0.25) is 0 Å². The summed E-state index contributed by atoms with van der Waals surface area (Å²) in [4.78, 5) is 14.5. The molecule has 0 aliphatic carbocycles. The van der Waals surface area contributed by atoms with E-state index in [1.165, 1.54) is 6.20 Å². The Hall–Kier alpha value is -1.89. The van der Waals surface area contributed by atoms with Crippen LogP contribution in [0.5, 0.6) is 0 Å². The van der Waals surface area contributed by atoms with Crippen molar-refractivity contribution in [2.75, 3.05) is 18.1 Å². The summed E-state index contributed by atoms with van der Waals surface area (Å²) in [6, 6.07) is 4.12. The van der Waals surface area contributed by atoms with Gasteiger partial charge in [0.25, 0.3) is 5.69 Å². The van der Waals surface area contributed by atoms with Gasteiger partial charge in [0.15, 0.2) is 5.82 Å². The molecular formula is C14H16FN3O2S. The van der Waals surface area contributed by atoms with Crippen molar-refractivity contribution in [1.29, 1.82) is 0 Å². The predicted molar refractivity (Wildman–Crippen MR) is 84.4 cm³/mol. The lowest BCUT2D eigenvalue weighted by atomic mass is 10.1. The Morgan fingerprint density at radius 3 is 2.86 bits per heavy atom. The maximum atomic E-state index is 14.2. The van der Waals surface area contributed by atoms with Crippen molar-refractivity contribution in [1.82, 2.24) is 4.98 Å². The van der Waals surface area contributed by atoms with Crippen molar-refractivity contribution < 1.29 is 9.31 Å². The number of halogens is 1. The van der Waals surface area contributed by atoms with Gasteiger partial charge in [-0.15, -0.1) is 0 Å². The van der Waals surface area contributed by atoms with E-state index >= 15 is 0 Å². The quantitative estimate of drug-likeness (QED) is 0.671. The van der Waals surface area contributed by atoms with Crippen LogP contribution in [-0.2, 0) is 0 Å². The van der Waals surface area contributed by atoms with Gasteiger partial charge in [0, 0.05) is 17.5 Å². The van der Waals surface area contributed by atoms with Crippen LogP contribution in [0.15, 0.2) is 24.4 Å². The highest BCUT2D eigenvalue weighted by Gasteiger charge is 2.22. The molecule has 0 fully saturated rings. The van der Waals surface area contributed by atoms with Gasteiger partial charge < -0.3 is 5.32 Å². The predicted octanol–water partition coefficient (Wildman–Crippen LogP) is 3.84. The van der Waals surface area contributed by atoms with Crippen LogP contribution in [0.25, 0.3) is 10.9 Å². The number of benzene rings is 1. The summed E-state index contributed by atoms with van der Waals surface area (Å²) in [5.41, 5.74) is 0.213. The Labute approximate surface area is 126 Å². The van der Waals surface area contributed by atoms with Gasteiger partial charge in [-0.05, 0) is 32.2 Å². The van der Waals surface area contributed by atoms with Gasteiger partial charge >= 0.3 is 0 Å². The van der Waals surface area contributed by atoms with Crippen molar-refractivity contribution in [3.63, 3.8) is 0 Å². The van der Waals surface area contributed by atoms with Gasteiger partial charge in [0.2, 0.25) is 0 Å². The van der Waals surface area contributed by atoms with E-state index in [-0.39, 0.29) is 21.6 Å². The molecule has 0 atom stereocenters. The first kappa shape index (κ1) is 15.5. The standard InChI is InChI=1S/C14H16FN3O2S/c1-14(2,21-3)8-17-13-10(15)7-11(18(19)20)9-5-4-6-16-12(9)13/h4-7,17H,8H2,1-3H3. The maximum Gasteiger partial charge on any atom is 0.281 e. The molecule has 0 bridgehead atoms. The van der Waals surface area contributed by atoms with Crippen molar-refractivity contribution in [3.05, 3.63) is 40.3 Å². The lowest BCUT2D eigenvalue weighted by molar-refractivity contribution is -0.383. The van der Waals surface area contributed by atoms with Crippen LogP contribution in [0.1, 0.15) is 13.8 Å². The molecule has 112 valence electrons. The third-order valence-electron chi connectivity index (χ3n) is 3.26. The maximum absolute atomic E-state index is 14.2. The van der Waals surface area contributed by atoms with E-state index in [2.05, 4.69) is 10.3 Å². The zero-order chi connectivity index (χ0) is 15.6. The zero-order valence-corrected chi connectivity index (χ0v) is 12.8. The third kappa shape index (κ3) is 3.24. The summed E-state index contributed by atoms with van der Waals surface area (Å²) in [5, 5.41) is 14.4. The molecule has 0 unspecified atom stereocenters. The van der Waals surface area contributed by atoms with E-state index in [4.69, 9.17) is 0 Å². The fourth-order valence-corrected chi connectivity index (χ4v) is 2.10. The molecule has 1 aromatic carbocycles. The molecule has 2 rings (SSSR count). The van der Waals surface area contributed by atoms with E-state index in [9.17, 15) is 14.5 Å². The highest BCUT2D eigenvalue weighted by atomic mass is 32.2. The number of nitro groups is 1. The van der Waals surface area contributed by atoms with Crippen LogP contribution >= 0.6 is 11.8 Å². The summed E-state index contributed by atoms with van der Waals surface area (Å²) in [5.74, 6) is -0.662. The Kier molecular flexibility index (Phi) is 4.32. The fourth-order valence-electron chi connectivity index (χ4n) is 1.89.